The molecule has 1 aromatic rings. The fourth-order valence-electron chi connectivity index (χ4n) is 1.65. The lowest BCUT2D eigenvalue weighted by molar-refractivity contribution is -0.161. The van der Waals surface area contributed by atoms with E-state index in [1.165, 1.54) is 31.2 Å². The van der Waals surface area contributed by atoms with E-state index in [0.29, 0.717) is 5.69 Å². The Kier molecular flexibility index (Phi) is 7.07. The highest BCUT2D eigenvalue weighted by Crippen LogP contribution is 2.17. The van der Waals surface area contributed by atoms with E-state index in [4.69, 9.17) is 14.9 Å². The summed E-state index contributed by atoms with van der Waals surface area (Å²) in [7, 11) is 0. The Balaban J connectivity index is 2.65. The van der Waals surface area contributed by atoms with E-state index < -0.39 is 37.0 Å². The normalized spacial score (nSPS) is 16.1. The van der Waals surface area contributed by atoms with Crippen molar-refractivity contribution in [2.45, 2.75) is 31.3 Å². The summed E-state index contributed by atoms with van der Waals surface area (Å²) in [5.41, 5.74) is 0.472. The molecule has 23 heavy (non-hydrogen) atoms. The number of anilines is 1. The lowest BCUT2D eigenvalue weighted by atomic mass is 10.0. The number of aliphatic hydroxyl groups excluding tert-OH is 5. The molecule has 0 aliphatic rings. The number of aliphatic hydroxyl groups is 5. The molecule has 9 heteroatoms. The maximum absolute atomic E-state index is 11.7. The average molecular weight is 329 g/mol. The summed E-state index contributed by atoms with van der Waals surface area (Å²) in [5.74, 6) is -1.49. The third kappa shape index (κ3) is 5.58. The summed E-state index contributed by atoms with van der Waals surface area (Å²) in [6, 6.07) is 5.61. The summed E-state index contributed by atoms with van der Waals surface area (Å²) in [6.07, 6.45) is -7.81. The molecule has 0 aliphatic carbocycles. The third-order valence-electron chi connectivity index (χ3n) is 2.89. The zero-order chi connectivity index (χ0) is 17.6. The van der Waals surface area contributed by atoms with Crippen LogP contribution >= 0.6 is 0 Å². The Labute approximate surface area is 131 Å². The van der Waals surface area contributed by atoms with Crippen molar-refractivity contribution in [2.24, 2.45) is 0 Å². The summed E-state index contributed by atoms with van der Waals surface area (Å²) in [6.45, 7) is 0.475. The molecule has 0 heterocycles. The van der Waals surface area contributed by atoms with Gasteiger partial charge < -0.3 is 35.6 Å². The predicted octanol–water partition coefficient (Wildman–Crippen LogP) is -2.01. The van der Waals surface area contributed by atoms with E-state index in [1.807, 2.05) is 0 Å². The van der Waals surface area contributed by atoms with Gasteiger partial charge in [-0.05, 0) is 24.3 Å². The molecule has 0 saturated heterocycles. The van der Waals surface area contributed by atoms with Crippen LogP contribution in [0, 0.1) is 0 Å². The van der Waals surface area contributed by atoms with Gasteiger partial charge in [-0.3, -0.25) is 4.79 Å². The van der Waals surface area contributed by atoms with Gasteiger partial charge in [-0.1, -0.05) is 0 Å². The minimum atomic E-state index is -2.12. The van der Waals surface area contributed by atoms with Crippen molar-refractivity contribution >= 4 is 17.6 Å². The number of carbonyl (C=O) groups excluding carboxylic acids is 2. The second kappa shape index (κ2) is 8.56. The molecule has 0 aromatic heterocycles. The average Bonchev–Trinajstić information content (AvgIpc) is 2.53. The monoisotopic (exact) mass is 329 g/mol. The molecular formula is C14H19NO8. The molecule has 6 N–H and O–H groups in total. The smallest absolute Gasteiger partial charge is 0.343 e. The minimum absolute atomic E-state index is 0.0348. The molecule has 1 amide bonds. The number of rotatable bonds is 7. The van der Waals surface area contributed by atoms with Crippen LogP contribution in [0.1, 0.15) is 6.92 Å². The fraction of sp³-hybridized carbons (Fsp3) is 0.429. The van der Waals surface area contributed by atoms with Crippen LogP contribution in [0.3, 0.4) is 0 Å². The maximum atomic E-state index is 11.7. The number of nitrogens with one attached hydrogen (secondary N) is 1. The molecule has 0 radical (unpaired) electrons. The topological polar surface area (TPSA) is 157 Å². The Morgan fingerprint density at radius 2 is 1.65 bits per heavy atom. The van der Waals surface area contributed by atoms with Crippen molar-refractivity contribution in [1.82, 2.24) is 0 Å². The van der Waals surface area contributed by atoms with Crippen LogP contribution in [0.4, 0.5) is 5.69 Å². The number of amides is 1. The van der Waals surface area contributed by atoms with Crippen LogP contribution in [0.25, 0.3) is 0 Å². The van der Waals surface area contributed by atoms with Gasteiger partial charge in [0.25, 0.3) is 0 Å². The number of hydrogen-bond donors (Lipinski definition) is 6. The van der Waals surface area contributed by atoms with Gasteiger partial charge in [0, 0.05) is 12.6 Å². The Hall–Kier alpha value is -2.04. The zero-order valence-corrected chi connectivity index (χ0v) is 12.3. The van der Waals surface area contributed by atoms with Crippen molar-refractivity contribution in [2.75, 3.05) is 11.9 Å². The molecule has 1 aromatic carbocycles. The van der Waals surface area contributed by atoms with Crippen LogP contribution in [0.15, 0.2) is 24.3 Å². The van der Waals surface area contributed by atoms with Gasteiger partial charge in [-0.2, -0.15) is 0 Å². The molecule has 0 bridgehead atoms. The Morgan fingerprint density at radius 1 is 1.09 bits per heavy atom. The minimum Gasteiger partial charge on any atom is -0.425 e. The maximum Gasteiger partial charge on any atom is 0.343 e. The third-order valence-corrected chi connectivity index (χ3v) is 2.89. The fourth-order valence-corrected chi connectivity index (χ4v) is 1.65. The SMILES string of the molecule is CC(=O)Nc1ccc(OC(=O)[C@@H](O)[C@@H](O)[C@H](O)[C@H](O)CO)cc1. The van der Waals surface area contributed by atoms with Crippen molar-refractivity contribution in [1.29, 1.82) is 0 Å². The number of benzene rings is 1. The zero-order valence-electron chi connectivity index (χ0n) is 12.3. The number of ether oxygens (including phenoxy) is 1. The first-order chi connectivity index (χ1) is 10.8. The first-order valence-corrected chi connectivity index (χ1v) is 6.68. The standard InChI is InChI=1S/C14H19NO8/c1-7(17)15-8-2-4-9(5-3-8)23-14(22)13(21)12(20)11(19)10(18)6-16/h2-5,10-13,16,18-21H,6H2,1H3,(H,15,17)/t10-,11-,12+,13+/m1/s1. The van der Waals surface area contributed by atoms with Gasteiger partial charge in [-0.25, -0.2) is 4.79 Å². The van der Waals surface area contributed by atoms with Crippen LogP contribution in [0.5, 0.6) is 5.75 Å². The second-order valence-corrected chi connectivity index (χ2v) is 4.80. The van der Waals surface area contributed by atoms with Crippen molar-refractivity contribution in [3.63, 3.8) is 0 Å². The molecule has 9 nitrogen and oxygen atoms in total. The van der Waals surface area contributed by atoms with E-state index in [2.05, 4.69) is 5.32 Å². The van der Waals surface area contributed by atoms with Crippen molar-refractivity contribution < 1.29 is 39.9 Å². The first kappa shape index (κ1) is 19.0. The van der Waals surface area contributed by atoms with Gasteiger partial charge in [0.1, 0.15) is 24.1 Å². The van der Waals surface area contributed by atoms with Gasteiger partial charge in [-0.15, -0.1) is 0 Å². The van der Waals surface area contributed by atoms with E-state index >= 15 is 0 Å². The Bertz CT molecular complexity index is 532. The van der Waals surface area contributed by atoms with Crippen LogP contribution in [-0.4, -0.2) is 68.4 Å². The lowest BCUT2D eigenvalue weighted by Crippen LogP contribution is -2.49. The van der Waals surface area contributed by atoms with E-state index in [0.717, 1.165) is 0 Å². The highest BCUT2D eigenvalue weighted by Gasteiger charge is 2.35. The van der Waals surface area contributed by atoms with E-state index in [9.17, 15) is 24.9 Å². The molecule has 0 spiro atoms. The van der Waals surface area contributed by atoms with Crippen molar-refractivity contribution in [3.8, 4) is 5.75 Å². The number of hydrogen-bond acceptors (Lipinski definition) is 8. The first-order valence-electron chi connectivity index (χ1n) is 6.68. The van der Waals surface area contributed by atoms with Gasteiger partial charge in [0.2, 0.25) is 5.91 Å². The van der Waals surface area contributed by atoms with Crippen LogP contribution in [0.2, 0.25) is 0 Å². The highest BCUT2D eigenvalue weighted by molar-refractivity contribution is 5.88. The molecular weight excluding hydrogens is 310 g/mol. The van der Waals surface area contributed by atoms with Crippen molar-refractivity contribution in [3.05, 3.63) is 24.3 Å². The Morgan fingerprint density at radius 3 is 2.13 bits per heavy atom. The van der Waals surface area contributed by atoms with Crippen LogP contribution < -0.4 is 10.1 Å². The molecule has 0 aliphatic heterocycles. The number of carbonyl (C=O) groups is 2. The second-order valence-electron chi connectivity index (χ2n) is 4.80. The molecule has 0 fully saturated rings. The predicted molar refractivity (Wildman–Crippen MR) is 77.5 cm³/mol. The van der Waals surface area contributed by atoms with Crippen LogP contribution in [-0.2, 0) is 9.59 Å². The van der Waals surface area contributed by atoms with Gasteiger partial charge in [0.05, 0.1) is 6.61 Å². The summed E-state index contributed by atoms with van der Waals surface area (Å²) in [5, 5.41) is 48.9. The lowest BCUT2D eigenvalue weighted by Gasteiger charge is -2.24. The molecule has 4 atom stereocenters. The van der Waals surface area contributed by atoms with Gasteiger partial charge in [0.15, 0.2) is 6.10 Å². The highest BCUT2D eigenvalue weighted by atomic mass is 16.6. The summed E-state index contributed by atoms with van der Waals surface area (Å²) in [4.78, 5) is 22.5. The van der Waals surface area contributed by atoms with E-state index in [1.54, 1.807) is 0 Å². The van der Waals surface area contributed by atoms with E-state index in [-0.39, 0.29) is 11.7 Å². The molecule has 0 unspecified atom stereocenters. The molecule has 128 valence electrons. The summed E-state index contributed by atoms with van der Waals surface area (Å²) >= 11 is 0. The summed E-state index contributed by atoms with van der Waals surface area (Å²) < 4.78 is 4.80. The number of esters is 1. The van der Waals surface area contributed by atoms with Gasteiger partial charge >= 0.3 is 5.97 Å². The quantitative estimate of drug-likeness (QED) is 0.247. The molecule has 0 saturated carbocycles. The largest absolute Gasteiger partial charge is 0.425 e. The molecule has 1 rings (SSSR count).